The molecule has 32 heavy (non-hydrogen) atoms. The second-order valence-electron chi connectivity index (χ2n) is 8.10. The predicted octanol–water partition coefficient (Wildman–Crippen LogP) is 4.80. The second kappa shape index (κ2) is 8.67. The van der Waals surface area contributed by atoms with Crippen LogP contribution in [0.4, 0.5) is 5.69 Å². The minimum atomic E-state index is 0.00751. The van der Waals surface area contributed by atoms with E-state index in [9.17, 15) is 4.79 Å². The SMILES string of the molecule is COc1ccc(N2CCC(NC(=O)c3cc4c(C)nn(-c5ccccc5)c4s3)CC2)cc1. The highest BCUT2D eigenvalue weighted by Gasteiger charge is 2.23. The summed E-state index contributed by atoms with van der Waals surface area (Å²) in [5.41, 5.74) is 3.14. The number of hydrogen-bond acceptors (Lipinski definition) is 5. The molecule has 1 aliphatic rings. The molecule has 0 spiro atoms. The molecule has 1 aliphatic heterocycles. The third-order valence-electron chi connectivity index (χ3n) is 6.04. The molecular weight excluding hydrogens is 420 g/mol. The molecule has 0 unspecified atom stereocenters. The van der Waals surface area contributed by atoms with Crippen LogP contribution >= 0.6 is 11.3 Å². The van der Waals surface area contributed by atoms with E-state index in [0.717, 1.165) is 58.2 Å². The normalized spacial score (nSPS) is 14.6. The highest BCUT2D eigenvalue weighted by Crippen LogP contribution is 2.31. The third-order valence-corrected chi connectivity index (χ3v) is 7.15. The fourth-order valence-electron chi connectivity index (χ4n) is 4.23. The topological polar surface area (TPSA) is 59.4 Å². The second-order valence-corrected chi connectivity index (χ2v) is 9.13. The van der Waals surface area contributed by atoms with Gasteiger partial charge in [-0.1, -0.05) is 18.2 Å². The largest absolute Gasteiger partial charge is 0.497 e. The zero-order chi connectivity index (χ0) is 22.1. The first kappa shape index (κ1) is 20.6. The quantitative estimate of drug-likeness (QED) is 0.478. The first-order valence-electron chi connectivity index (χ1n) is 10.9. The standard InChI is InChI=1S/C25H26N4O2S/c1-17-22-16-23(32-25(22)29(27-17)20-6-4-3-5-7-20)24(30)26-18-12-14-28(15-13-18)19-8-10-21(31-2)11-9-19/h3-11,16,18H,12-15H2,1-2H3,(H,26,30). The Morgan fingerprint density at radius 1 is 1.06 bits per heavy atom. The Morgan fingerprint density at radius 3 is 2.47 bits per heavy atom. The van der Waals surface area contributed by atoms with Crippen LogP contribution in [0.2, 0.25) is 0 Å². The molecule has 1 amide bonds. The summed E-state index contributed by atoms with van der Waals surface area (Å²) >= 11 is 1.50. The first-order valence-corrected chi connectivity index (χ1v) is 11.7. The Labute approximate surface area is 191 Å². The number of para-hydroxylation sites is 1. The minimum Gasteiger partial charge on any atom is -0.497 e. The number of methoxy groups -OCH3 is 1. The van der Waals surface area contributed by atoms with Gasteiger partial charge in [0.1, 0.15) is 10.6 Å². The van der Waals surface area contributed by atoms with Crippen molar-refractivity contribution in [1.82, 2.24) is 15.1 Å². The number of aryl methyl sites for hydroxylation is 1. The number of thiophene rings is 1. The number of carbonyl (C=O) groups is 1. The van der Waals surface area contributed by atoms with Crippen molar-refractivity contribution in [3.8, 4) is 11.4 Å². The number of hydrogen-bond donors (Lipinski definition) is 1. The Balaban J connectivity index is 1.25. The molecule has 0 saturated carbocycles. The molecular formula is C25H26N4O2S. The van der Waals surface area contributed by atoms with Crippen LogP contribution in [0.25, 0.3) is 15.9 Å². The summed E-state index contributed by atoms with van der Waals surface area (Å²) in [6.07, 6.45) is 1.86. The van der Waals surface area contributed by atoms with E-state index < -0.39 is 0 Å². The summed E-state index contributed by atoms with van der Waals surface area (Å²) < 4.78 is 7.17. The lowest BCUT2D eigenvalue weighted by Gasteiger charge is -2.34. The number of nitrogens with zero attached hydrogens (tertiary/aromatic N) is 3. The van der Waals surface area contributed by atoms with Crippen molar-refractivity contribution >= 4 is 33.1 Å². The summed E-state index contributed by atoms with van der Waals surface area (Å²) in [5.74, 6) is 0.873. The van der Waals surface area contributed by atoms with Crippen LogP contribution in [0.1, 0.15) is 28.2 Å². The van der Waals surface area contributed by atoms with Gasteiger partial charge >= 0.3 is 0 Å². The number of ether oxygens (including phenoxy) is 1. The summed E-state index contributed by atoms with van der Waals surface area (Å²) in [7, 11) is 1.68. The summed E-state index contributed by atoms with van der Waals surface area (Å²) in [6.45, 7) is 3.84. The Kier molecular flexibility index (Phi) is 5.57. The molecule has 5 rings (SSSR count). The van der Waals surface area contributed by atoms with Gasteiger partial charge in [0.15, 0.2) is 0 Å². The lowest BCUT2D eigenvalue weighted by molar-refractivity contribution is 0.0935. The molecule has 7 heteroatoms. The third kappa shape index (κ3) is 3.96. The van der Waals surface area contributed by atoms with Crippen molar-refractivity contribution in [2.24, 2.45) is 0 Å². The number of aromatic nitrogens is 2. The highest BCUT2D eigenvalue weighted by molar-refractivity contribution is 7.20. The van der Waals surface area contributed by atoms with Gasteiger partial charge in [-0.05, 0) is 62.2 Å². The molecule has 2 aromatic heterocycles. The summed E-state index contributed by atoms with van der Waals surface area (Å²) in [5, 5.41) is 8.96. The van der Waals surface area contributed by atoms with E-state index in [0.29, 0.717) is 0 Å². The number of rotatable bonds is 5. The average molecular weight is 447 g/mol. The predicted molar refractivity (Wildman–Crippen MR) is 129 cm³/mol. The Bertz CT molecular complexity index is 1220. The van der Waals surface area contributed by atoms with E-state index in [1.54, 1.807) is 7.11 Å². The zero-order valence-corrected chi connectivity index (χ0v) is 19.1. The molecule has 0 radical (unpaired) electrons. The summed E-state index contributed by atoms with van der Waals surface area (Å²) in [4.78, 5) is 17.1. The maximum Gasteiger partial charge on any atom is 0.261 e. The van der Waals surface area contributed by atoms with Crippen molar-refractivity contribution in [2.45, 2.75) is 25.8 Å². The molecule has 4 aromatic rings. The lowest BCUT2D eigenvalue weighted by atomic mass is 10.0. The molecule has 1 saturated heterocycles. The average Bonchev–Trinajstić information content (AvgIpc) is 3.41. The number of fused-ring (bicyclic) bond motifs is 1. The van der Waals surface area contributed by atoms with Crippen LogP contribution in [0, 0.1) is 6.92 Å². The Morgan fingerprint density at radius 2 is 1.78 bits per heavy atom. The maximum absolute atomic E-state index is 13.0. The molecule has 2 aromatic carbocycles. The molecule has 6 nitrogen and oxygen atoms in total. The number of carbonyl (C=O) groups excluding carboxylic acids is 1. The molecule has 1 N–H and O–H groups in total. The van der Waals surface area contributed by atoms with Gasteiger partial charge in [-0.15, -0.1) is 11.3 Å². The number of nitrogens with one attached hydrogen (secondary N) is 1. The molecule has 1 fully saturated rings. The van der Waals surface area contributed by atoms with Gasteiger partial charge in [-0.3, -0.25) is 4.79 Å². The number of amides is 1. The van der Waals surface area contributed by atoms with Crippen LogP contribution in [0.5, 0.6) is 5.75 Å². The number of anilines is 1. The Hall–Kier alpha value is -3.32. The molecule has 0 atom stereocenters. The van der Waals surface area contributed by atoms with Gasteiger partial charge in [0.25, 0.3) is 5.91 Å². The van der Waals surface area contributed by atoms with E-state index in [1.165, 1.54) is 17.0 Å². The van der Waals surface area contributed by atoms with Crippen LogP contribution in [0.3, 0.4) is 0 Å². The highest BCUT2D eigenvalue weighted by atomic mass is 32.1. The van der Waals surface area contributed by atoms with Crippen molar-refractivity contribution in [2.75, 3.05) is 25.1 Å². The monoisotopic (exact) mass is 446 g/mol. The molecule has 3 heterocycles. The smallest absolute Gasteiger partial charge is 0.261 e. The maximum atomic E-state index is 13.0. The lowest BCUT2D eigenvalue weighted by Crippen LogP contribution is -2.44. The van der Waals surface area contributed by atoms with Gasteiger partial charge in [0.2, 0.25) is 0 Å². The van der Waals surface area contributed by atoms with Gasteiger partial charge in [0.05, 0.1) is 23.4 Å². The van der Waals surface area contributed by atoms with E-state index in [1.807, 2.05) is 60.1 Å². The van der Waals surface area contributed by atoms with Gasteiger partial charge in [-0.2, -0.15) is 5.10 Å². The van der Waals surface area contributed by atoms with E-state index in [2.05, 4.69) is 27.4 Å². The van der Waals surface area contributed by atoms with Crippen LogP contribution in [-0.4, -0.2) is 41.9 Å². The van der Waals surface area contributed by atoms with Crippen molar-refractivity contribution in [3.63, 3.8) is 0 Å². The fourth-order valence-corrected chi connectivity index (χ4v) is 5.32. The fraction of sp³-hybridized carbons (Fsp3) is 0.280. The molecule has 164 valence electrons. The molecule has 0 aliphatic carbocycles. The van der Waals surface area contributed by atoms with Crippen molar-refractivity contribution in [1.29, 1.82) is 0 Å². The van der Waals surface area contributed by atoms with E-state index in [-0.39, 0.29) is 11.9 Å². The number of piperidine rings is 1. The van der Waals surface area contributed by atoms with E-state index in [4.69, 9.17) is 4.74 Å². The molecule has 0 bridgehead atoms. The van der Waals surface area contributed by atoms with Gasteiger partial charge < -0.3 is 15.0 Å². The van der Waals surface area contributed by atoms with Gasteiger partial charge in [-0.25, -0.2) is 4.68 Å². The number of benzene rings is 2. The van der Waals surface area contributed by atoms with Crippen molar-refractivity contribution in [3.05, 3.63) is 71.2 Å². The van der Waals surface area contributed by atoms with Crippen LogP contribution in [-0.2, 0) is 0 Å². The van der Waals surface area contributed by atoms with E-state index >= 15 is 0 Å². The zero-order valence-electron chi connectivity index (χ0n) is 18.2. The van der Waals surface area contributed by atoms with Crippen molar-refractivity contribution < 1.29 is 9.53 Å². The summed E-state index contributed by atoms with van der Waals surface area (Å²) in [6, 6.07) is 20.4. The van der Waals surface area contributed by atoms with Crippen LogP contribution < -0.4 is 15.0 Å². The van der Waals surface area contributed by atoms with Gasteiger partial charge in [0, 0.05) is 30.2 Å². The van der Waals surface area contributed by atoms with Crippen LogP contribution in [0.15, 0.2) is 60.7 Å². The first-order chi connectivity index (χ1) is 15.6. The minimum absolute atomic E-state index is 0.00751.